The van der Waals surface area contributed by atoms with Gasteiger partial charge in [-0.2, -0.15) is 0 Å². The number of benzene rings is 2. The first-order valence-electron chi connectivity index (χ1n) is 7.78. The van der Waals surface area contributed by atoms with Gasteiger partial charge in [-0.3, -0.25) is 0 Å². The predicted molar refractivity (Wildman–Crippen MR) is 99.7 cm³/mol. The number of halogens is 1. The van der Waals surface area contributed by atoms with E-state index in [2.05, 4.69) is 17.4 Å². The SMILES string of the molecule is COC(=O)c1ccc(-c2ccc(CNCc3ccccc3)o2)cc1.Cl. The van der Waals surface area contributed by atoms with Crippen molar-refractivity contribution in [3.63, 3.8) is 0 Å². The van der Waals surface area contributed by atoms with E-state index in [1.54, 1.807) is 12.1 Å². The van der Waals surface area contributed by atoms with Crippen LogP contribution < -0.4 is 5.32 Å². The van der Waals surface area contributed by atoms with Gasteiger partial charge in [0.05, 0.1) is 19.2 Å². The molecule has 0 radical (unpaired) electrons. The van der Waals surface area contributed by atoms with Crippen LogP contribution in [0.25, 0.3) is 11.3 Å². The largest absolute Gasteiger partial charge is 0.465 e. The van der Waals surface area contributed by atoms with Crippen LogP contribution in [0.1, 0.15) is 21.7 Å². The summed E-state index contributed by atoms with van der Waals surface area (Å²) in [6.45, 7) is 1.46. The number of carbonyl (C=O) groups is 1. The van der Waals surface area contributed by atoms with Crippen molar-refractivity contribution >= 4 is 18.4 Å². The molecular formula is C20H20ClNO3. The van der Waals surface area contributed by atoms with Crippen LogP contribution in [0.4, 0.5) is 0 Å². The second-order valence-electron chi connectivity index (χ2n) is 5.42. The second-order valence-corrected chi connectivity index (χ2v) is 5.42. The van der Waals surface area contributed by atoms with Gasteiger partial charge in [-0.05, 0) is 29.8 Å². The van der Waals surface area contributed by atoms with Gasteiger partial charge in [0.1, 0.15) is 11.5 Å². The number of ether oxygens (including phenoxy) is 1. The van der Waals surface area contributed by atoms with Crippen molar-refractivity contribution in [1.29, 1.82) is 0 Å². The number of methoxy groups -OCH3 is 1. The van der Waals surface area contributed by atoms with Crippen LogP contribution in [0.15, 0.2) is 71.1 Å². The van der Waals surface area contributed by atoms with Crippen molar-refractivity contribution in [3.05, 3.63) is 83.6 Å². The normalized spacial score (nSPS) is 10.1. The highest BCUT2D eigenvalue weighted by molar-refractivity contribution is 5.89. The standard InChI is InChI=1S/C20H19NO3.ClH/c1-23-20(22)17-9-7-16(8-10-17)19-12-11-18(24-19)14-21-13-15-5-3-2-4-6-15;/h2-12,21H,13-14H2,1H3;1H. The Balaban J connectivity index is 0.00000225. The average molecular weight is 358 g/mol. The third-order valence-electron chi connectivity index (χ3n) is 3.72. The van der Waals surface area contributed by atoms with Gasteiger partial charge in [0, 0.05) is 12.1 Å². The molecule has 0 aliphatic heterocycles. The van der Waals surface area contributed by atoms with E-state index in [4.69, 9.17) is 9.15 Å². The molecule has 1 heterocycles. The van der Waals surface area contributed by atoms with Crippen molar-refractivity contribution in [1.82, 2.24) is 5.32 Å². The molecule has 0 saturated carbocycles. The first kappa shape index (κ1) is 18.8. The van der Waals surface area contributed by atoms with E-state index in [-0.39, 0.29) is 18.4 Å². The van der Waals surface area contributed by atoms with Gasteiger partial charge < -0.3 is 14.5 Å². The zero-order valence-electron chi connectivity index (χ0n) is 13.9. The van der Waals surface area contributed by atoms with E-state index in [1.165, 1.54) is 12.7 Å². The fourth-order valence-corrected chi connectivity index (χ4v) is 2.44. The smallest absolute Gasteiger partial charge is 0.337 e. The number of nitrogens with one attached hydrogen (secondary N) is 1. The lowest BCUT2D eigenvalue weighted by molar-refractivity contribution is 0.0600. The van der Waals surface area contributed by atoms with Crippen molar-refractivity contribution < 1.29 is 13.9 Å². The lowest BCUT2D eigenvalue weighted by Gasteiger charge is -2.03. The summed E-state index contributed by atoms with van der Waals surface area (Å²) in [6.07, 6.45) is 0. The lowest BCUT2D eigenvalue weighted by atomic mass is 10.1. The number of rotatable bonds is 6. The second kappa shape index (κ2) is 9.06. The topological polar surface area (TPSA) is 51.5 Å². The molecule has 2 aromatic carbocycles. The van der Waals surface area contributed by atoms with Crippen LogP contribution in [0.3, 0.4) is 0 Å². The molecule has 1 N–H and O–H groups in total. The third kappa shape index (κ3) is 4.95. The summed E-state index contributed by atoms with van der Waals surface area (Å²) >= 11 is 0. The van der Waals surface area contributed by atoms with Gasteiger partial charge in [0.15, 0.2) is 0 Å². The van der Waals surface area contributed by atoms with Gasteiger partial charge >= 0.3 is 5.97 Å². The molecule has 0 fully saturated rings. The van der Waals surface area contributed by atoms with Crippen molar-refractivity contribution in [2.45, 2.75) is 13.1 Å². The summed E-state index contributed by atoms with van der Waals surface area (Å²) in [6, 6.07) is 21.3. The molecular weight excluding hydrogens is 338 g/mol. The summed E-state index contributed by atoms with van der Waals surface area (Å²) < 4.78 is 10.6. The Kier molecular flexibility index (Phi) is 6.81. The van der Waals surface area contributed by atoms with E-state index >= 15 is 0 Å². The first-order valence-corrected chi connectivity index (χ1v) is 7.78. The molecule has 3 aromatic rings. The zero-order chi connectivity index (χ0) is 16.8. The average Bonchev–Trinajstić information content (AvgIpc) is 3.11. The third-order valence-corrected chi connectivity index (χ3v) is 3.72. The molecule has 0 aliphatic rings. The number of hydrogen-bond donors (Lipinski definition) is 1. The fourth-order valence-electron chi connectivity index (χ4n) is 2.44. The van der Waals surface area contributed by atoms with Gasteiger partial charge in [-0.25, -0.2) is 4.79 Å². The highest BCUT2D eigenvalue weighted by Gasteiger charge is 2.08. The molecule has 0 unspecified atom stereocenters. The minimum absolute atomic E-state index is 0. The van der Waals surface area contributed by atoms with Gasteiger partial charge in [0.25, 0.3) is 0 Å². The molecule has 1 aromatic heterocycles. The van der Waals surface area contributed by atoms with E-state index < -0.39 is 0 Å². The van der Waals surface area contributed by atoms with E-state index in [1.807, 2.05) is 42.5 Å². The minimum atomic E-state index is -0.341. The zero-order valence-corrected chi connectivity index (χ0v) is 14.7. The van der Waals surface area contributed by atoms with Crippen LogP contribution in [0.2, 0.25) is 0 Å². The molecule has 0 aliphatic carbocycles. The Hall–Kier alpha value is -2.56. The minimum Gasteiger partial charge on any atom is -0.465 e. The Labute approximate surface area is 153 Å². The molecule has 4 nitrogen and oxygen atoms in total. The maximum absolute atomic E-state index is 11.4. The molecule has 25 heavy (non-hydrogen) atoms. The number of furan rings is 1. The molecule has 0 spiro atoms. The van der Waals surface area contributed by atoms with E-state index in [9.17, 15) is 4.79 Å². The van der Waals surface area contributed by atoms with Crippen LogP contribution >= 0.6 is 12.4 Å². The van der Waals surface area contributed by atoms with Crippen LogP contribution in [0.5, 0.6) is 0 Å². The molecule has 5 heteroatoms. The van der Waals surface area contributed by atoms with Crippen LogP contribution in [-0.2, 0) is 17.8 Å². The monoisotopic (exact) mass is 357 g/mol. The summed E-state index contributed by atoms with van der Waals surface area (Å²) in [5.74, 6) is 1.31. The van der Waals surface area contributed by atoms with E-state index in [0.29, 0.717) is 12.1 Å². The van der Waals surface area contributed by atoms with Crippen molar-refractivity contribution in [2.75, 3.05) is 7.11 Å². The Morgan fingerprint density at radius 1 is 0.960 bits per heavy atom. The first-order chi connectivity index (χ1) is 11.8. The van der Waals surface area contributed by atoms with Gasteiger partial charge in [0.2, 0.25) is 0 Å². The van der Waals surface area contributed by atoms with E-state index in [0.717, 1.165) is 23.6 Å². The number of hydrogen-bond acceptors (Lipinski definition) is 4. The Bertz CT molecular complexity index is 797. The fraction of sp³-hybridized carbons (Fsp3) is 0.150. The lowest BCUT2D eigenvalue weighted by Crippen LogP contribution is -2.11. The Morgan fingerprint density at radius 2 is 1.68 bits per heavy atom. The quantitative estimate of drug-likeness (QED) is 0.662. The number of carbonyl (C=O) groups excluding carboxylic acids is 1. The summed E-state index contributed by atoms with van der Waals surface area (Å²) in [4.78, 5) is 11.4. The van der Waals surface area contributed by atoms with Crippen molar-refractivity contribution in [3.8, 4) is 11.3 Å². The van der Waals surface area contributed by atoms with Gasteiger partial charge in [-0.1, -0.05) is 42.5 Å². The van der Waals surface area contributed by atoms with Gasteiger partial charge in [-0.15, -0.1) is 12.4 Å². The molecule has 0 atom stereocenters. The molecule has 0 amide bonds. The molecule has 0 bridgehead atoms. The van der Waals surface area contributed by atoms with Crippen molar-refractivity contribution in [2.24, 2.45) is 0 Å². The molecule has 130 valence electrons. The maximum Gasteiger partial charge on any atom is 0.337 e. The summed E-state index contributed by atoms with van der Waals surface area (Å²) in [5.41, 5.74) is 2.69. The molecule has 0 saturated heterocycles. The van der Waals surface area contributed by atoms with Crippen LogP contribution in [0, 0.1) is 0 Å². The molecule has 3 rings (SSSR count). The van der Waals surface area contributed by atoms with Crippen LogP contribution in [-0.4, -0.2) is 13.1 Å². The Morgan fingerprint density at radius 3 is 2.36 bits per heavy atom. The summed E-state index contributed by atoms with van der Waals surface area (Å²) in [5, 5.41) is 3.36. The number of esters is 1. The maximum atomic E-state index is 11.4. The summed E-state index contributed by atoms with van der Waals surface area (Å²) in [7, 11) is 1.37. The highest BCUT2D eigenvalue weighted by Crippen LogP contribution is 2.22. The predicted octanol–water partition coefficient (Wildman–Crippen LogP) is 4.44. The highest BCUT2D eigenvalue weighted by atomic mass is 35.5.